The van der Waals surface area contributed by atoms with E-state index in [1.165, 1.54) is 24.8 Å². The van der Waals surface area contributed by atoms with Crippen molar-refractivity contribution in [3.05, 3.63) is 47.7 Å². The summed E-state index contributed by atoms with van der Waals surface area (Å²) in [7, 11) is 0. The Morgan fingerprint density at radius 2 is 1.87 bits per heavy atom. The predicted octanol–water partition coefficient (Wildman–Crippen LogP) is 3.47. The average molecular weight is 308 g/mol. The maximum atomic E-state index is 5.47. The molecule has 6 nitrogen and oxygen atoms in total. The lowest BCUT2D eigenvalue weighted by molar-refractivity contribution is 0.272. The number of hydrogen-bond acceptors (Lipinski definition) is 6. The quantitative estimate of drug-likeness (QED) is 0.734. The highest BCUT2D eigenvalue weighted by atomic mass is 16.5. The van der Waals surface area contributed by atoms with Crippen LogP contribution in [0.4, 0.5) is 0 Å². The average Bonchev–Trinajstić information content (AvgIpc) is 3.08. The number of nitrogens with zero attached hydrogens (tertiary/aromatic N) is 4. The van der Waals surface area contributed by atoms with Gasteiger partial charge in [0.05, 0.1) is 5.41 Å². The van der Waals surface area contributed by atoms with Crippen molar-refractivity contribution in [2.45, 2.75) is 43.4 Å². The van der Waals surface area contributed by atoms with Crippen LogP contribution in [0, 0.1) is 0 Å². The smallest absolute Gasteiger partial charge is 0.280 e. The van der Waals surface area contributed by atoms with Crippen LogP contribution in [-0.4, -0.2) is 20.3 Å². The summed E-state index contributed by atoms with van der Waals surface area (Å²) in [5, 5.41) is 8.32. The summed E-state index contributed by atoms with van der Waals surface area (Å²) in [4.78, 5) is 8.73. The van der Waals surface area contributed by atoms with Gasteiger partial charge < -0.3 is 9.05 Å². The minimum atomic E-state index is -0.145. The molecule has 116 valence electrons. The molecule has 0 bridgehead atoms. The highest BCUT2D eigenvalue weighted by Gasteiger charge is 2.44. The van der Waals surface area contributed by atoms with Gasteiger partial charge in [0.1, 0.15) is 5.76 Å². The Morgan fingerprint density at radius 1 is 1.04 bits per heavy atom. The Bertz CT molecular complexity index is 831. The van der Waals surface area contributed by atoms with Gasteiger partial charge in [-0.2, -0.15) is 4.98 Å². The second kappa shape index (κ2) is 4.75. The van der Waals surface area contributed by atoms with Gasteiger partial charge >= 0.3 is 0 Å². The van der Waals surface area contributed by atoms with Crippen molar-refractivity contribution in [3.63, 3.8) is 0 Å². The van der Waals surface area contributed by atoms with Gasteiger partial charge in [-0.15, -0.1) is 0 Å². The van der Waals surface area contributed by atoms with E-state index < -0.39 is 0 Å². The zero-order valence-corrected chi connectivity index (χ0v) is 12.6. The van der Waals surface area contributed by atoms with E-state index in [0.717, 1.165) is 24.4 Å². The summed E-state index contributed by atoms with van der Waals surface area (Å²) in [6.45, 7) is 0. The first-order valence-electron chi connectivity index (χ1n) is 8.07. The number of aromatic nitrogens is 4. The van der Waals surface area contributed by atoms with Gasteiger partial charge in [-0.1, -0.05) is 16.7 Å². The summed E-state index contributed by atoms with van der Waals surface area (Å²) in [5.41, 5.74) is 1.69. The van der Waals surface area contributed by atoms with Crippen LogP contribution >= 0.6 is 0 Å². The molecule has 3 heterocycles. The molecule has 0 aromatic carbocycles. The maximum Gasteiger partial charge on any atom is 0.280 e. The molecule has 23 heavy (non-hydrogen) atoms. The molecule has 2 fully saturated rings. The third-order valence-electron chi connectivity index (χ3n) is 5.02. The second-order valence-electron chi connectivity index (χ2n) is 6.48. The van der Waals surface area contributed by atoms with Gasteiger partial charge in [-0.25, -0.2) is 0 Å². The van der Waals surface area contributed by atoms with E-state index in [0.29, 0.717) is 17.5 Å². The SMILES string of the molecule is c1cc(C2(c3noc(-c4cc(C5CC5)on4)n3)CCC2)ccn1. The third kappa shape index (κ3) is 2.01. The molecule has 0 saturated heterocycles. The van der Waals surface area contributed by atoms with E-state index in [2.05, 4.69) is 20.3 Å². The van der Waals surface area contributed by atoms with Crippen LogP contribution in [0.3, 0.4) is 0 Å². The Labute approximate surface area is 132 Å². The van der Waals surface area contributed by atoms with Crippen LogP contribution in [0.1, 0.15) is 55.2 Å². The van der Waals surface area contributed by atoms with Crippen molar-refractivity contribution in [3.8, 4) is 11.6 Å². The fraction of sp³-hybridized carbons (Fsp3) is 0.412. The van der Waals surface area contributed by atoms with Crippen molar-refractivity contribution in [2.24, 2.45) is 0 Å². The molecule has 2 saturated carbocycles. The summed E-state index contributed by atoms with van der Waals surface area (Å²) in [5.74, 6) is 2.62. The summed E-state index contributed by atoms with van der Waals surface area (Å²) in [6.07, 6.45) is 9.21. The molecule has 0 amide bonds. The van der Waals surface area contributed by atoms with Crippen molar-refractivity contribution in [2.75, 3.05) is 0 Å². The molecule has 6 heteroatoms. The van der Waals surface area contributed by atoms with E-state index in [9.17, 15) is 0 Å². The van der Waals surface area contributed by atoms with Crippen LogP contribution in [0.25, 0.3) is 11.6 Å². The van der Waals surface area contributed by atoms with E-state index >= 15 is 0 Å². The van der Waals surface area contributed by atoms with Gasteiger partial charge in [-0.3, -0.25) is 4.98 Å². The summed E-state index contributed by atoms with van der Waals surface area (Å²) >= 11 is 0. The number of pyridine rings is 1. The minimum absolute atomic E-state index is 0.145. The van der Waals surface area contributed by atoms with Crippen molar-refractivity contribution < 1.29 is 9.05 Å². The van der Waals surface area contributed by atoms with Gasteiger partial charge in [0.2, 0.25) is 0 Å². The molecular weight excluding hydrogens is 292 g/mol. The zero-order chi connectivity index (χ0) is 15.3. The van der Waals surface area contributed by atoms with Gasteiger partial charge in [0, 0.05) is 24.4 Å². The molecule has 3 aromatic heterocycles. The normalized spacial score (nSPS) is 19.5. The molecule has 3 aromatic rings. The van der Waals surface area contributed by atoms with Crippen molar-refractivity contribution in [1.29, 1.82) is 0 Å². The first-order chi connectivity index (χ1) is 11.4. The monoisotopic (exact) mass is 308 g/mol. The molecule has 0 radical (unpaired) electrons. The Kier molecular flexibility index (Phi) is 2.68. The molecule has 2 aliphatic carbocycles. The third-order valence-corrected chi connectivity index (χ3v) is 5.02. The predicted molar refractivity (Wildman–Crippen MR) is 80.6 cm³/mol. The van der Waals surface area contributed by atoms with Gasteiger partial charge in [-0.05, 0) is 43.4 Å². The first-order valence-corrected chi connectivity index (χ1v) is 8.07. The highest BCUT2D eigenvalue weighted by Crippen LogP contribution is 2.48. The standard InChI is InChI=1S/C17H16N4O2/c1-6-17(7-1,12-4-8-18-9-5-12)16-19-15(23-21-16)13-10-14(22-20-13)11-2-3-11/h4-5,8-11H,1-3,6-7H2. The first kappa shape index (κ1) is 13.0. The van der Waals surface area contributed by atoms with Crippen LogP contribution < -0.4 is 0 Å². The van der Waals surface area contributed by atoms with E-state index in [1.807, 2.05) is 30.6 Å². The largest absolute Gasteiger partial charge is 0.360 e. The Morgan fingerprint density at radius 3 is 2.57 bits per heavy atom. The molecular formula is C17H16N4O2. The van der Waals surface area contributed by atoms with Crippen molar-refractivity contribution in [1.82, 2.24) is 20.3 Å². The Balaban J connectivity index is 1.50. The van der Waals surface area contributed by atoms with Crippen LogP contribution in [0.5, 0.6) is 0 Å². The summed E-state index contributed by atoms with van der Waals surface area (Å²) < 4.78 is 10.8. The van der Waals surface area contributed by atoms with Crippen LogP contribution in [0.2, 0.25) is 0 Å². The van der Waals surface area contributed by atoms with Crippen LogP contribution in [-0.2, 0) is 5.41 Å². The fourth-order valence-electron chi connectivity index (χ4n) is 3.31. The molecule has 0 atom stereocenters. The highest BCUT2D eigenvalue weighted by molar-refractivity contribution is 5.47. The molecule has 0 N–H and O–H groups in total. The molecule has 2 aliphatic rings. The lowest BCUT2D eigenvalue weighted by atomic mass is 9.64. The van der Waals surface area contributed by atoms with E-state index in [1.54, 1.807) is 0 Å². The Hall–Kier alpha value is -2.50. The van der Waals surface area contributed by atoms with Crippen LogP contribution in [0.15, 0.2) is 39.6 Å². The molecule has 0 aliphatic heterocycles. The maximum absolute atomic E-state index is 5.47. The second-order valence-corrected chi connectivity index (χ2v) is 6.48. The zero-order valence-electron chi connectivity index (χ0n) is 12.6. The van der Waals surface area contributed by atoms with E-state index in [4.69, 9.17) is 9.05 Å². The van der Waals surface area contributed by atoms with Crippen molar-refractivity contribution >= 4 is 0 Å². The lowest BCUT2D eigenvalue weighted by Crippen LogP contribution is -2.36. The number of rotatable bonds is 4. The minimum Gasteiger partial charge on any atom is -0.360 e. The topological polar surface area (TPSA) is 77.8 Å². The van der Waals surface area contributed by atoms with E-state index in [-0.39, 0.29) is 5.41 Å². The molecule has 0 unspecified atom stereocenters. The molecule has 5 rings (SSSR count). The number of hydrogen-bond donors (Lipinski definition) is 0. The fourth-order valence-corrected chi connectivity index (χ4v) is 3.31. The summed E-state index contributed by atoms with van der Waals surface area (Å²) in [6, 6.07) is 6.00. The van der Waals surface area contributed by atoms with Gasteiger partial charge in [0.25, 0.3) is 5.89 Å². The molecule has 0 spiro atoms. The van der Waals surface area contributed by atoms with Gasteiger partial charge in [0.15, 0.2) is 11.5 Å². The lowest BCUT2D eigenvalue weighted by Gasteiger charge is -2.39.